The molecular formula is C21H25N3O4S. The Morgan fingerprint density at radius 1 is 1.34 bits per heavy atom. The van der Waals surface area contributed by atoms with Gasteiger partial charge in [0.15, 0.2) is 0 Å². The molecule has 3 N–H and O–H groups in total. The van der Waals surface area contributed by atoms with Crippen LogP contribution in [0.4, 0.5) is 10.7 Å². The van der Waals surface area contributed by atoms with Crippen LogP contribution in [-0.2, 0) is 12.8 Å². The van der Waals surface area contributed by atoms with Crippen LogP contribution in [0.15, 0.2) is 18.2 Å². The highest BCUT2D eigenvalue weighted by Gasteiger charge is 2.38. The largest absolute Gasteiger partial charge is 0.508 e. The summed E-state index contributed by atoms with van der Waals surface area (Å²) in [6.45, 7) is 6.83. The first kappa shape index (κ1) is 19.7. The van der Waals surface area contributed by atoms with Gasteiger partial charge >= 0.3 is 0 Å². The smallest absolute Gasteiger partial charge is 0.276 e. The van der Waals surface area contributed by atoms with Gasteiger partial charge in [0.2, 0.25) is 0 Å². The third kappa shape index (κ3) is 3.35. The number of fused-ring (bicyclic) bond motifs is 3. The lowest BCUT2D eigenvalue weighted by atomic mass is 9.69. The number of aromatic hydroxyl groups is 1. The number of carbonyl (C=O) groups is 1. The predicted molar refractivity (Wildman–Crippen MR) is 112 cm³/mol. The van der Waals surface area contributed by atoms with Gasteiger partial charge in [0.25, 0.3) is 11.6 Å². The summed E-state index contributed by atoms with van der Waals surface area (Å²) in [7, 11) is 0. The Hall–Kier alpha value is -2.61. The molecule has 0 saturated carbocycles. The van der Waals surface area contributed by atoms with Crippen molar-refractivity contribution in [1.29, 1.82) is 0 Å². The number of nitro benzene ring substituents is 1. The molecule has 0 saturated heterocycles. The van der Waals surface area contributed by atoms with Gasteiger partial charge in [-0.05, 0) is 48.3 Å². The molecule has 2 aliphatic rings. The summed E-state index contributed by atoms with van der Waals surface area (Å²) in [5.41, 5.74) is 2.14. The predicted octanol–water partition coefficient (Wildman–Crippen LogP) is 4.76. The Morgan fingerprint density at radius 2 is 2.10 bits per heavy atom. The number of nitrogens with zero attached hydrogens (tertiary/aromatic N) is 1. The molecule has 8 heteroatoms. The van der Waals surface area contributed by atoms with Crippen molar-refractivity contribution in [1.82, 2.24) is 5.32 Å². The number of hydrogen-bond donors (Lipinski definition) is 3. The van der Waals surface area contributed by atoms with E-state index in [1.165, 1.54) is 23.1 Å². The minimum atomic E-state index is -0.759. The molecule has 7 nitrogen and oxygen atoms in total. The van der Waals surface area contributed by atoms with Crippen LogP contribution in [0, 0.1) is 21.4 Å². The van der Waals surface area contributed by atoms with Gasteiger partial charge in [0.1, 0.15) is 16.9 Å². The normalized spacial score (nSPS) is 21.0. The lowest BCUT2D eigenvalue weighted by Crippen LogP contribution is -2.38. The summed E-state index contributed by atoms with van der Waals surface area (Å²) in [4.78, 5) is 25.1. The number of rotatable bonds is 4. The molecule has 4 rings (SSSR count). The number of thiophene rings is 1. The summed E-state index contributed by atoms with van der Waals surface area (Å²) in [5, 5.41) is 28.1. The molecule has 2 aromatic rings. The molecule has 0 radical (unpaired) electrons. The maximum atomic E-state index is 12.9. The zero-order valence-corrected chi connectivity index (χ0v) is 17.6. The summed E-state index contributed by atoms with van der Waals surface area (Å²) in [6, 6.07) is 3.86. The number of phenolic OH excluding ortho intramolecular Hbond substituents is 1. The minimum Gasteiger partial charge on any atom is -0.508 e. The quantitative estimate of drug-likeness (QED) is 0.493. The summed E-state index contributed by atoms with van der Waals surface area (Å²) >= 11 is 1.58. The molecule has 29 heavy (non-hydrogen) atoms. The van der Waals surface area contributed by atoms with E-state index in [0.717, 1.165) is 36.2 Å². The molecule has 1 aliphatic heterocycles. The van der Waals surface area contributed by atoms with Crippen LogP contribution < -0.4 is 10.6 Å². The summed E-state index contributed by atoms with van der Waals surface area (Å²) in [5.74, 6) is 0.278. The minimum absolute atomic E-state index is 0.0810. The lowest BCUT2D eigenvalue weighted by Gasteiger charge is -2.36. The molecule has 1 aromatic carbocycles. The second-order valence-corrected chi connectivity index (χ2v) is 9.65. The lowest BCUT2D eigenvalue weighted by molar-refractivity contribution is -0.385. The molecule has 0 spiro atoms. The van der Waals surface area contributed by atoms with E-state index in [2.05, 4.69) is 31.4 Å². The molecule has 1 aromatic heterocycles. The van der Waals surface area contributed by atoms with Crippen molar-refractivity contribution in [2.75, 3.05) is 5.32 Å². The fourth-order valence-corrected chi connectivity index (χ4v) is 5.70. The van der Waals surface area contributed by atoms with Crippen molar-refractivity contribution in [2.24, 2.45) is 11.3 Å². The number of carbonyl (C=O) groups excluding carboxylic acids is 1. The first-order chi connectivity index (χ1) is 13.7. The van der Waals surface area contributed by atoms with Crippen LogP contribution in [0.25, 0.3) is 0 Å². The fraction of sp³-hybridized carbons (Fsp3) is 0.476. The maximum absolute atomic E-state index is 12.9. The topological polar surface area (TPSA) is 104 Å². The van der Waals surface area contributed by atoms with Crippen LogP contribution in [0.3, 0.4) is 0 Å². The van der Waals surface area contributed by atoms with Crippen LogP contribution in [0.5, 0.6) is 5.75 Å². The van der Waals surface area contributed by atoms with Crippen LogP contribution in [0.2, 0.25) is 0 Å². The number of amides is 1. The zero-order valence-electron chi connectivity index (χ0n) is 16.7. The van der Waals surface area contributed by atoms with Crippen LogP contribution >= 0.6 is 11.3 Å². The third-order valence-electron chi connectivity index (χ3n) is 6.58. The van der Waals surface area contributed by atoms with Gasteiger partial charge in [0, 0.05) is 10.9 Å². The highest BCUT2D eigenvalue weighted by Crippen LogP contribution is 2.47. The maximum Gasteiger partial charge on any atom is 0.276 e. The van der Waals surface area contributed by atoms with Crippen molar-refractivity contribution < 1.29 is 14.8 Å². The fourth-order valence-electron chi connectivity index (χ4n) is 4.35. The van der Waals surface area contributed by atoms with E-state index in [-0.39, 0.29) is 28.3 Å². The van der Waals surface area contributed by atoms with E-state index in [4.69, 9.17) is 0 Å². The number of phenols is 1. The number of benzene rings is 1. The Morgan fingerprint density at radius 3 is 2.79 bits per heavy atom. The van der Waals surface area contributed by atoms with Crippen molar-refractivity contribution in [3.63, 3.8) is 0 Å². The van der Waals surface area contributed by atoms with Gasteiger partial charge in [-0.3, -0.25) is 14.9 Å². The van der Waals surface area contributed by atoms with Gasteiger partial charge < -0.3 is 15.7 Å². The number of anilines is 1. The SMILES string of the molecule is CCC(C)(C)[C@@H]1CCc2c(sc3c2C(=O)N[C@H](c2cc(O)ccc2[N+](=O)[O-])N3)C1. The Kier molecular flexibility index (Phi) is 4.77. The Bertz CT molecular complexity index is 998. The van der Waals surface area contributed by atoms with Gasteiger partial charge in [-0.1, -0.05) is 27.2 Å². The van der Waals surface area contributed by atoms with E-state index in [0.29, 0.717) is 11.5 Å². The highest BCUT2D eigenvalue weighted by atomic mass is 32.1. The van der Waals surface area contributed by atoms with Crippen LogP contribution in [0.1, 0.15) is 66.1 Å². The van der Waals surface area contributed by atoms with Gasteiger partial charge in [-0.2, -0.15) is 0 Å². The second-order valence-electron chi connectivity index (χ2n) is 8.54. The number of hydrogen-bond acceptors (Lipinski definition) is 6. The average molecular weight is 416 g/mol. The average Bonchev–Trinajstić information content (AvgIpc) is 3.05. The molecule has 154 valence electrons. The molecule has 0 unspecified atom stereocenters. The molecule has 1 aliphatic carbocycles. The second kappa shape index (κ2) is 7.02. The molecule has 1 amide bonds. The van der Waals surface area contributed by atoms with Gasteiger partial charge in [0.05, 0.1) is 16.1 Å². The monoisotopic (exact) mass is 415 g/mol. The van der Waals surface area contributed by atoms with Crippen molar-refractivity contribution in [3.8, 4) is 5.75 Å². The summed E-state index contributed by atoms with van der Waals surface area (Å²) < 4.78 is 0. The van der Waals surface area contributed by atoms with Crippen LogP contribution in [-0.4, -0.2) is 15.9 Å². The van der Waals surface area contributed by atoms with E-state index in [1.807, 2.05) is 0 Å². The van der Waals surface area contributed by atoms with Crippen molar-refractivity contribution in [3.05, 3.63) is 49.9 Å². The Labute approximate surface area is 173 Å². The molecule has 2 heterocycles. The first-order valence-electron chi connectivity index (χ1n) is 9.90. The third-order valence-corrected chi connectivity index (χ3v) is 7.76. The van der Waals surface area contributed by atoms with E-state index in [1.54, 1.807) is 11.3 Å². The molecular weight excluding hydrogens is 390 g/mol. The van der Waals surface area contributed by atoms with Crippen molar-refractivity contribution in [2.45, 2.75) is 52.6 Å². The highest BCUT2D eigenvalue weighted by molar-refractivity contribution is 7.16. The van der Waals surface area contributed by atoms with E-state index >= 15 is 0 Å². The van der Waals surface area contributed by atoms with Gasteiger partial charge in [-0.15, -0.1) is 11.3 Å². The van der Waals surface area contributed by atoms with Gasteiger partial charge in [-0.25, -0.2) is 0 Å². The summed E-state index contributed by atoms with van der Waals surface area (Å²) in [6.07, 6.45) is 3.25. The molecule has 2 atom stereocenters. The zero-order chi connectivity index (χ0) is 20.9. The Balaban J connectivity index is 1.68. The number of nitro groups is 1. The van der Waals surface area contributed by atoms with E-state index < -0.39 is 11.1 Å². The van der Waals surface area contributed by atoms with Crippen molar-refractivity contribution >= 4 is 27.9 Å². The van der Waals surface area contributed by atoms with E-state index in [9.17, 15) is 20.0 Å². The molecule has 0 bridgehead atoms. The number of nitrogens with one attached hydrogen (secondary N) is 2. The molecule has 0 fully saturated rings. The standard InChI is InChI=1S/C21H25N3O4S/c1-4-21(2,3)11-5-7-13-16(9-11)29-20-17(13)19(26)22-18(23-20)14-10-12(25)6-8-15(14)24(27)28/h6,8,10-11,18,23,25H,4-5,7,9H2,1-3H3,(H,22,26)/t11-,18+/m1/s1. The first-order valence-corrected chi connectivity index (χ1v) is 10.7.